The van der Waals surface area contributed by atoms with E-state index < -0.39 is 27.3 Å². The molecular weight excluding hydrogens is 310 g/mol. The molecule has 3 heterocycles. The number of fused-ring (bicyclic) bond motifs is 3. The van der Waals surface area contributed by atoms with E-state index in [2.05, 4.69) is 4.98 Å². The maximum atomic E-state index is 12.3. The van der Waals surface area contributed by atoms with Crippen LogP contribution in [0.15, 0.2) is 29.1 Å². The average molecular weight is 321 g/mol. The molecule has 1 unspecified atom stereocenters. The highest BCUT2D eigenvalue weighted by Gasteiger charge is 2.52. The number of hydrogen-bond acceptors (Lipinski definition) is 6. The number of H-pyrrole nitrogens is 1. The smallest absolute Gasteiger partial charge is 0.274 e. The molecule has 0 amide bonds. The first-order chi connectivity index (χ1) is 10.4. The van der Waals surface area contributed by atoms with E-state index in [0.29, 0.717) is 16.7 Å². The van der Waals surface area contributed by atoms with Gasteiger partial charge in [0.2, 0.25) is 5.56 Å². The van der Waals surface area contributed by atoms with Gasteiger partial charge in [-0.15, -0.1) is 0 Å². The van der Waals surface area contributed by atoms with Crippen LogP contribution in [-0.4, -0.2) is 37.1 Å². The molecule has 1 fully saturated rings. The Labute approximate surface area is 125 Å². The van der Waals surface area contributed by atoms with Gasteiger partial charge in [-0.2, -0.15) is 8.42 Å². The number of ether oxygens (including phenoxy) is 1. The molecule has 2 aliphatic heterocycles. The van der Waals surface area contributed by atoms with Gasteiger partial charge in [0.15, 0.2) is 11.4 Å². The molecule has 114 valence electrons. The van der Waals surface area contributed by atoms with Gasteiger partial charge in [0, 0.05) is 17.9 Å². The monoisotopic (exact) mass is 321 g/mol. The zero-order valence-corrected chi connectivity index (χ0v) is 12.1. The molecule has 1 aromatic heterocycles. The minimum absolute atomic E-state index is 0.233. The van der Waals surface area contributed by atoms with Crippen LogP contribution < -0.4 is 10.3 Å². The Hall–Kier alpha value is -2.19. The summed E-state index contributed by atoms with van der Waals surface area (Å²) in [4.78, 5) is 26.3. The number of carbonyl (C=O) groups excluding carboxylic acids is 1. The zero-order chi connectivity index (χ0) is 15.5. The number of ketones is 1. The normalized spacial score (nSPS) is 26.1. The number of carbonyl (C=O) groups is 1. The average Bonchev–Trinajstić information content (AvgIpc) is 2.83. The fourth-order valence-corrected chi connectivity index (χ4v) is 3.92. The van der Waals surface area contributed by atoms with Gasteiger partial charge in [0.25, 0.3) is 10.1 Å². The van der Waals surface area contributed by atoms with Gasteiger partial charge < -0.3 is 9.72 Å². The van der Waals surface area contributed by atoms with Crippen molar-refractivity contribution >= 4 is 26.8 Å². The minimum atomic E-state index is -3.81. The number of Topliss-reactive ketones (excluding diaryl/α,β-unsaturated/α-hetero) is 1. The summed E-state index contributed by atoms with van der Waals surface area (Å²) < 4.78 is 33.4. The van der Waals surface area contributed by atoms with Crippen LogP contribution in [0.4, 0.5) is 0 Å². The quantitative estimate of drug-likeness (QED) is 0.692. The lowest BCUT2D eigenvalue weighted by molar-refractivity contribution is -0.134. The van der Waals surface area contributed by atoms with E-state index in [4.69, 9.17) is 8.92 Å². The van der Waals surface area contributed by atoms with Crippen LogP contribution in [0.25, 0.3) is 10.9 Å². The van der Waals surface area contributed by atoms with Gasteiger partial charge in [0.1, 0.15) is 18.1 Å². The third kappa shape index (κ3) is 1.87. The van der Waals surface area contributed by atoms with Crippen molar-refractivity contribution in [3.05, 3.63) is 40.2 Å². The molecule has 1 atom stereocenters. The van der Waals surface area contributed by atoms with Crippen molar-refractivity contribution < 1.29 is 22.1 Å². The maximum absolute atomic E-state index is 12.3. The first-order valence-electron chi connectivity index (χ1n) is 6.63. The summed E-state index contributed by atoms with van der Waals surface area (Å²) in [6.07, 6.45) is 0.256. The lowest BCUT2D eigenvalue weighted by Gasteiger charge is -2.30. The molecule has 22 heavy (non-hydrogen) atoms. The van der Waals surface area contributed by atoms with Crippen molar-refractivity contribution in [1.29, 1.82) is 0 Å². The van der Waals surface area contributed by atoms with Gasteiger partial charge in [-0.1, -0.05) is 6.07 Å². The molecule has 2 aromatic rings. The van der Waals surface area contributed by atoms with Crippen molar-refractivity contribution in [1.82, 2.24) is 4.98 Å². The van der Waals surface area contributed by atoms with Crippen molar-refractivity contribution in [3.63, 3.8) is 0 Å². The molecule has 2 aliphatic rings. The van der Waals surface area contributed by atoms with Crippen molar-refractivity contribution in [2.75, 3.05) is 12.4 Å². The van der Waals surface area contributed by atoms with E-state index in [9.17, 15) is 18.0 Å². The molecule has 0 saturated carbocycles. The highest BCUT2D eigenvalue weighted by atomic mass is 32.2. The number of aromatic amines is 1. The molecule has 1 N–H and O–H groups in total. The lowest BCUT2D eigenvalue weighted by Crippen LogP contribution is -2.54. The Bertz CT molecular complexity index is 976. The first-order valence-corrected chi connectivity index (χ1v) is 8.21. The standard InChI is InChI=1S/C14H11NO6S/c16-11-6-22(18,19)20-7-14(11)5-8-1-3-10-9(13(8)21-14)2-4-12(17)15-10/h1-4H,5-7H2,(H,15,17). The van der Waals surface area contributed by atoms with Gasteiger partial charge >= 0.3 is 0 Å². The Morgan fingerprint density at radius 1 is 1.14 bits per heavy atom. The van der Waals surface area contributed by atoms with Crippen LogP contribution in [0.1, 0.15) is 5.56 Å². The van der Waals surface area contributed by atoms with Crippen LogP contribution in [0.5, 0.6) is 5.75 Å². The summed E-state index contributed by atoms with van der Waals surface area (Å²) in [7, 11) is -3.81. The van der Waals surface area contributed by atoms with Crippen LogP contribution in [0.2, 0.25) is 0 Å². The fourth-order valence-electron chi connectivity index (χ4n) is 2.89. The molecule has 1 aromatic carbocycles. The maximum Gasteiger partial charge on any atom is 0.274 e. The Balaban J connectivity index is 1.82. The van der Waals surface area contributed by atoms with Gasteiger partial charge in [0.05, 0.1) is 5.52 Å². The van der Waals surface area contributed by atoms with Crippen molar-refractivity contribution in [2.45, 2.75) is 12.0 Å². The number of hydrogen-bond donors (Lipinski definition) is 1. The van der Waals surface area contributed by atoms with Crippen LogP contribution in [0, 0.1) is 0 Å². The van der Waals surface area contributed by atoms with E-state index in [1.54, 1.807) is 18.2 Å². The topological polar surface area (TPSA) is 103 Å². The van der Waals surface area contributed by atoms with E-state index in [0.717, 1.165) is 5.56 Å². The van der Waals surface area contributed by atoms with E-state index >= 15 is 0 Å². The van der Waals surface area contributed by atoms with E-state index in [1.165, 1.54) is 6.07 Å². The predicted octanol–water partition coefficient (Wildman–Crippen LogP) is 0.131. The SMILES string of the molecule is O=C1CS(=O)(=O)OCC12Cc1ccc3[nH]c(=O)ccc3c1O2. The summed E-state index contributed by atoms with van der Waals surface area (Å²) in [6.45, 7) is -0.326. The lowest BCUT2D eigenvalue weighted by atomic mass is 9.93. The number of nitrogens with one attached hydrogen (secondary N) is 1. The summed E-state index contributed by atoms with van der Waals surface area (Å²) in [5.41, 5.74) is -0.142. The van der Waals surface area contributed by atoms with E-state index in [1.807, 2.05) is 0 Å². The second-order valence-electron chi connectivity index (χ2n) is 5.50. The third-order valence-corrected chi connectivity index (χ3v) is 5.09. The first kappa shape index (κ1) is 13.5. The summed E-state index contributed by atoms with van der Waals surface area (Å²) in [6, 6.07) is 6.50. The minimum Gasteiger partial charge on any atom is -0.476 e. The summed E-state index contributed by atoms with van der Waals surface area (Å²) >= 11 is 0. The number of rotatable bonds is 0. The summed E-state index contributed by atoms with van der Waals surface area (Å²) in [5.74, 6) is -0.701. The highest BCUT2D eigenvalue weighted by molar-refractivity contribution is 7.87. The fraction of sp³-hybridized carbons (Fsp3) is 0.286. The molecule has 8 heteroatoms. The number of pyridine rings is 1. The Kier molecular flexibility index (Phi) is 2.56. The largest absolute Gasteiger partial charge is 0.476 e. The molecule has 1 saturated heterocycles. The Morgan fingerprint density at radius 3 is 2.73 bits per heavy atom. The van der Waals surface area contributed by atoms with Crippen LogP contribution in [-0.2, 0) is 25.5 Å². The molecule has 0 aliphatic carbocycles. The van der Waals surface area contributed by atoms with Crippen LogP contribution in [0.3, 0.4) is 0 Å². The molecule has 0 radical (unpaired) electrons. The van der Waals surface area contributed by atoms with Gasteiger partial charge in [-0.3, -0.25) is 13.8 Å². The molecular formula is C14H11NO6S. The van der Waals surface area contributed by atoms with Crippen LogP contribution >= 0.6 is 0 Å². The number of benzene rings is 1. The molecule has 0 bridgehead atoms. The van der Waals surface area contributed by atoms with Gasteiger partial charge in [-0.25, -0.2) is 0 Å². The van der Waals surface area contributed by atoms with Crippen molar-refractivity contribution in [2.24, 2.45) is 0 Å². The Morgan fingerprint density at radius 2 is 1.95 bits per heavy atom. The second kappa shape index (κ2) is 4.17. The van der Waals surface area contributed by atoms with Gasteiger partial charge in [-0.05, 0) is 17.7 Å². The van der Waals surface area contributed by atoms with E-state index in [-0.39, 0.29) is 18.6 Å². The second-order valence-corrected chi connectivity index (χ2v) is 7.14. The highest BCUT2D eigenvalue weighted by Crippen LogP contribution is 2.41. The summed E-state index contributed by atoms with van der Waals surface area (Å²) in [5, 5.41) is 0.676. The molecule has 4 rings (SSSR count). The van der Waals surface area contributed by atoms with Crippen molar-refractivity contribution in [3.8, 4) is 5.75 Å². The number of aromatic nitrogens is 1. The molecule has 7 nitrogen and oxygen atoms in total. The predicted molar refractivity (Wildman–Crippen MR) is 76.4 cm³/mol. The third-order valence-electron chi connectivity index (χ3n) is 4.00. The molecule has 1 spiro atoms. The zero-order valence-electron chi connectivity index (χ0n) is 11.3.